The van der Waals surface area contributed by atoms with Crippen molar-refractivity contribution < 1.29 is 13.2 Å². The lowest BCUT2D eigenvalue weighted by molar-refractivity contribution is 0.181. The van der Waals surface area contributed by atoms with E-state index in [9.17, 15) is 8.42 Å². The molecule has 0 spiro atoms. The summed E-state index contributed by atoms with van der Waals surface area (Å²) >= 11 is 3.35. The van der Waals surface area contributed by atoms with Gasteiger partial charge in [-0.1, -0.05) is 30.3 Å². The lowest BCUT2D eigenvalue weighted by Crippen LogP contribution is -2.48. The van der Waals surface area contributed by atoms with Gasteiger partial charge in [-0.2, -0.15) is 4.31 Å². The molecular weight excluding hydrogens is 404 g/mol. The third-order valence-electron chi connectivity index (χ3n) is 4.34. The Morgan fingerprint density at radius 1 is 1.04 bits per heavy atom. The Hall–Kier alpha value is -1.41. The highest BCUT2D eigenvalue weighted by Crippen LogP contribution is 2.29. The minimum atomic E-state index is -3.48. The summed E-state index contributed by atoms with van der Waals surface area (Å²) < 4.78 is 33.1. The van der Waals surface area contributed by atoms with Gasteiger partial charge in [-0.25, -0.2) is 8.42 Å². The van der Waals surface area contributed by atoms with Crippen LogP contribution in [0.15, 0.2) is 57.9 Å². The molecule has 1 saturated heterocycles. The molecule has 5 nitrogen and oxygen atoms in total. The van der Waals surface area contributed by atoms with E-state index in [4.69, 9.17) is 4.74 Å². The van der Waals surface area contributed by atoms with Gasteiger partial charge in [0.05, 0.1) is 16.5 Å². The van der Waals surface area contributed by atoms with Crippen molar-refractivity contribution in [2.24, 2.45) is 0 Å². The molecule has 0 N–H and O–H groups in total. The molecule has 0 bridgehead atoms. The van der Waals surface area contributed by atoms with Crippen molar-refractivity contribution >= 4 is 26.0 Å². The molecule has 0 unspecified atom stereocenters. The fourth-order valence-electron chi connectivity index (χ4n) is 2.93. The number of rotatable bonds is 5. The highest BCUT2D eigenvalue weighted by Gasteiger charge is 2.28. The molecule has 0 atom stereocenters. The van der Waals surface area contributed by atoms with Crippen LogP contribution in [0.4, 0.5) is 0 Å². The molecule has 0 amide bonds. The van der Waals surface area contributed by atoms with E-state index in [-0.39, 0.29) is 4.90 Å². The van der Waals surface area contributed by atoms with Crippen molar-refractivity contribution in [2.45, 2.75) is 11.4 Å². The van der Waals surface area contributed by atoms with Crippen LogP contribution in [0, 0.1) is 0 Å². The van der Waals surface area contributed by atoms with Crippen molar-refractivity contribution in [1.29, 1.82) is 0 Å². The van der Waals surface area contributed by atoms with Gasteiger partial charge in [-0.3, -0.25) is 4.90 Å². The quantitative estimate of drug-likeness (QED) is 0.739. The molecule has 0 aliphatic carbocycles. The van der Waals surface area contributed by atoms with E-state index in [0.29, 0.717) is 23.3 Å². The first-order valence-corrected chi connectivity index (χ1v) is 10.3. The molecule has 7 heteroatoms. The zero-order valence-corrected chi connectivity index (χ0v) is 16.5. The second-order valence-electron chi connectivity index (χ2n) is 5.96. The fourth-order valence-corrected chi connectivity index (χ4v) is 5.07. The van der Waals surface area contributed by atoms with Gasteiger partial charge >= 0.3 is 0 Å². The van der Waals surface area contributed by atoms with E-state index in [1.54, 1.807) is 29.6 Å². The number of hydrogen-bond acceptors (Lipinski definition) is 4. The van der Waals surface area contributed by atoms with Crippen LogP contribution in [0.2, 0.25) is 0 Å². The molecule has 2 aromatic rings. The Morgan fingerprint density at radius 2 is 1.72 bits per heavy atom. The van der Waals surface area contributed by atoms with E-state index in [1.165, 1.54) is 5.56 Å². The number of benzene rings is 2. The Bertz CT molecular complexity index is 819. The summed E-state index contributed by atoms with van der Waals surface area (Å²) in [6.45, 7) is 3.30. The Balaban J connectivity index is 1.66. The van der Waals surface area contributed by atoms with Crippen molar-refractivity contribution in [2.75, 3.05) is 33.3 Å². The summed E-state index contributed by atoms with van der Waals surface area (Å²) in [7, 11) is -1.93. The van der Waals surface area contributed by atoms with E-state index < -0.39 is 10.0 Å². The van der Waals surface area contributed by atoms with Crippen LogP contribution < -0.4 is 4.74 Å². The van der Waals surface area contributed by atoms with Crippen LogP contribution in [0.25, 0.3) is 0 Å². The Labute approximate surface area is 157 Å². The summed E-state index contributed by atoms with van der Waals surface area (Å²) in [4.78, 5) is 2.57. The maximum atomic E-state index is 12.8. The smallest absolute Gasteiger partial charge is 0.243 e. The molecule has 1 aliphatic rings. The van der Waals surface area contributed by atoms with Gasteiger partial charge in [0.15, 0.2) is 0 Å². The average molecular weight is 425 g/mol. The molecule has 0 saturated carbocycles. The minimum absolute atomic E-state index is 0.289. The molecular formula is C18H21BrN2O3S. The second kappa shape index (κ2) is 7.86. The zero-order chi connectivity index (χ0) is 17.9. The second-order valence-corrected chi connectivity index (χ2v) is 8.75. The van der Waals surface area contributed by atoms with E-state index >= 15 is 0 Å². The number of nitrogens with zero attached hydrogens (tertiary/aromatic N) is 2. The molecule has 0 radical (unpaired) electrons. The number of piperazine rings is 1. The van der Waals surface area contributed by atoms with Crippen LogP contribution in [0.3, 0.4) is 0 Å². The number of ether oxygens (including phenoxy) is 1. The molecule has 0 aromatic heterocycles. The van der Waals surface area contributed by atoms with Gasteiger partial charge in [0.25, 0.3) is 0 Å². The summed E-state index contributed by atoms with van der Waals surface area (Å²) in [5.41, 5.74) is 1.25. The van der Waals surface area contributed by atoms with E-state index in [2.05, 4.69) is 33.0 Å². The number of methoxy groups -OCH3 is 1. The molecule has 1 heterocycles. The molecule has 134 valence electrons. The van der Waals surface area contributed by atoms with Crippen molar-refractivity contribution in [3.05, 3.63) is 58.6 Å². The maximum absolute atomic E-state index is 12.8. The standard InChI is InChI=1S/C18H21BrN2O3S/c1-24-18-8-7-16(13-17(18)19)25(22,23)21-11-9-20(10-12-21)14-15-5-3-2-4-6-15/h2-8,13H,9-12,14H2,1H3. The summed E-state index contributed by atoms with van der Waals surface area (Å²) in [5.74, 6) is 0.617. The van der Waals surface area contributed by atoms with Crippen LogP contribution in [-0.2, 0) is 16.6 Å². The average Bonchev–Trinajstić information content (AvgIpc) is 2.63. The third kappa shape index (κ3) is 4.23. The van der Waals surface area contributed by atoms with Crippen molar-refractivity contribution in [1.82, 2.24) is 9.21 Å². The van der Waals surface area contributed by atoms with Gasteiger partial charge < -0.3 is 4.74 Å². The summed E-state index contributed by atoms with van der Waals surface area (Å²) in [6, 6.07) is 15.1. The largest absolute Gasteiger partial charge is 0.496 e. The summed E-state index contributed by atoms with van der Waals surface area (Å²) in [6.07, 6.45) is 0. The number of sulfonamides is 1. The predicted octanol–water partition coefficient (Wildman–Crippen LogP) is 2.96. The van der Waals surface area contributed by atoms with Gasteiger partial charge in [-0.15, -0.1) is 0 Å². The first-order valence-electron chi connectivity index (χ1n) is 8.10. The normalized spacial score (nSPS) is 16.7. The fraction of sp³-hybridized carbons (Fsp3) is 0.333. The van der Waals surface area contributed by atoms with E-state index in [0.717, 1.165) is 19.6 Å². The minimum Gasteiger partial charge on any atom is -0.496 e. The van der Waals surface area contributed by atoms with Gasteiger partial charge in [0.2, 0.25) is 10.0 Å². The van der Waals surface area contributed by atoms with Gasteiger partial charge in [0.1, 0.15) is 5.75 Å². The maximum Gasteiger partial charge on any atom is 0.243 e. The monoisotopic (exact) mass is 424 g/mol. The zero-order valence-electron chi connectivity index (χ0n) is 14.1. The molecule has 1 fully saturated rings. The van der Waals surface area contributed by atoms with Crippen LogP contribution in [0.1, 0.15) is 5.56 Å². The van der Waals surface area contributed by atoms with Gasteiger partial charge in [-0.05, 0) is 39.7 Å². The van der Waals surface area contributed by atoms with Crippen LogP contribution in [-0.4, -0.2) is 50.9 Å². The predicted molar refractivity (Wildman–Crippen MR) is 101 cm³/mol. The summed E-state index contributed by atoms with van der Waals surface area (Å²) in [5, 5.41) is 0. The first-order chi connectivity index (χ1) is 12.0. The topological polar surface area (TPSA) is 49.9 Å². The number of halogens is 1. The Morgan fingerprint density at radius 3 is 2.32 bits per heavy atom. The molecule has 3 rings (SSSR count). The first kappa shape index (κ1) is 18.4. The lowest BCUT2D eigenvalue weighted by Gasteiger charge is -2.34. The van der Waals surface area contributed by atoms with Gasteiger partial charge in [0, 0.05) is 32.7 Å². The molecule has 25 heavy (non-hydrogen) atoms. The molecule has 2 aromatic carbocycles. The van der Waals surface area contributed by atoms with Crippen LogP contribution >= 0.6 is 15.9 Å². The highest BCUT2D eigenvalue weighted by atomic mass is 79.9. The van der Waals surface area contributed by atoms with Crippen molar-refractivity contribution in [3.8, 4) is 5.75 Å². The van der Waals surface area contributed by atoms with Crippen molar-refractivity contribution in [3.63, 3.8) is 0 Å². The molecule has 1 aliphatic heterocycles. The highest BCUT2D eigenvalue weighted by molar-refractivity contribution is 9.10. The lowest BCUT2D eigenvalue weighted by atomic mass is 10.2. The van der Waals surface area contributed by atoms with E-state index in [1.807, 2.05) is 18.2 Å². The third-order valence-corrected chi connectivity index (χ3v) is 6.86. The Kier molecular flexibility index (Phi) is 5.78. The SMILES string of the molecule is COc1ccc(S(=O)(=O)N2CCN(Cc3ccccc3)CC2)cc1Br. The number of hydrogen-bond donors (Lipinski definition) is 0. The van der Waals surface area contributed by atoms with Crippen LogP contribution in [0.5, 0.6) is 5.75 Å².